The summed E-state index contributed by atoms with van der Waals surface area (Å²) in [5, 5.41) is 4.25. The highest BCUT2D eigenvalue weighted by Crippen LogP contribution is 2.25. The number of hydrogen-bond acceptors (Lipinski definition) is 3. The predicted molar refractivity (Wildman–Crippen MR) is 93.0 cm³/mol. The second-order valence-corrected chi connectivity index (χ2v) is 7.40. The van der Waals surface area contributed by atoms with Gasteiger partial charge in [0.1, 0.15) is 5.69 Å². The van der Waals surface area contributed by atoms with E-state index in [0.29, 0.717) is 22.8 Å². The monoisotopic (exact) mass is 346 g/mol. The van der Waals surface area contributed by atoms with Crippen LogP contribution < -0.4 is 4.72 Å². The van der Waals surface area contributed by atoms with Crippen molar-refractivity contribution in [1.29, 1.82) is 0 Å². The van der Waals surface area contributed by atoms with E-state index in [2.05, 4.69) is 14.8 Å². The van der Waals surface area contributed by atoms with Crippen LogP contribution >= 0.6 is 0 Å². The van der Waals surface area contributed by atoms with Gasteiger partial charge in [-0.05, 0) is 35.8 Å². The van der Waals surface area contributed by atoms with Crippen molar-refractivity contribution in [3.8, 4) is 0 Å². The largest absolute Gasteiger partial charge is 0.346 e. The molecule has 8 heteroatoms. The Bertz CT molecular complexity index is 884. The third-order valence-electron chi connectivity index (χ3n) is 3.92. The maximum absolute atomic E-state index is 12.7. The van der Waals surface area contributed by atoms with Crippen LogP contribution in [0.15, 0.2) is 47.9 Å². The molecular formula is C16H20N5O2S+. The molecule has 0 aliphatic carbocycles. The number of aryl methyl sites for hydroxylation is 2. The minimum Gasteiger partial charge on any atom is -0.333 e. The first-order chi connectivity index (χ1) is 11.4. The molecule has 0 aliphatic rings. The summed E-state index contributed by atoms with van der Waals surface area (Å²) >= 11 is 0. The predicted octanol–water partition coefficient (Wildman–Crippen LogP) is 2.64. The van der Waals surface area contributed by atoms with E-state index in [4.69, 9.17) is 0 Å². The zero-order valence-corrected chi connectivity index (χ0v) is 14.6. The number of nitrogens with zero attached hydrogens (tertiary/aromatic N) is 4. The molecule has 1 unspecified atom stereocenters. The first-order valence-corrected chi connectivity index (χ1v) is 8.97. The Hall–Kier alpha value is -2.45. The summed E-state index contributed by atoms with van der Waals surface area (Å²) in [5.41, 5.74) is 3.12. The lowest BCUT2D eigenvalue weighted by Gasteiger charge is -2.08. The molecule has 2 heterocycles. The minimum absolute atomic E-state index is 0.333. The molecule has 3 aromatic rings. The van der Waals surface area contributed by atoms with E-state index < -0.39 is 10.4 Å². The Morgan fingerprint density at radius 3 is 2.50 bits per heavy atom. The number of hydrogen-bond donors (Lipinski definition) is 2. The molecule has 3 rings (SSSR count). The average Bonchev–Trinajstić information content (AvgIpc) is 3.12. The van der Waals surface area contributed by atoms with Crippen molar-refractivity contribution in [2.45, 2.75) is 25.3 Å². The first kappa shape index (κ1) is 16.4. The van der Waals surface area contributed by atoms with Gasteiger partial charge in [-0.2, -0.15) is 14.4 Å². The van der Waals surface area contributed by atoms with Gasteiger partial charge in [-0.3, -0.25) is 4.68 Å². The Kier molecular flexibility index (Phi) is 4.25. The fourth-order valence-electron chi connectivity index (χ4n) is 2.49. The van der Waals surface area contributed by atoms with Crippen LogP contribution in [0.5, 0.6) is 0 Å². The Morgan fingerprint density at radius 2 is 1.96 bits per heavy atom. The number of nitrogens with one attached hydrogen (secondary N) is 1. The van der Waals surface area contributed by atoms with E-state index in [1.54, 1.807) is 43.3 Å². The Labute approximate surface area is 141 Å². The highest BCUT2D eigenvalue weighted by Gasteiger charge is 2.31. The van der Waals surface area contributed by atoms with Crippen molar-refractivity contribution in [1.82, 2.24) is 19.3 Å². The molecule has 0 radical (unpaired) electrons. The fraction of sp³-hybridized carbons (Fsp3) is 0.250. The van der Waals surface area contributed by atoms with E-state index in [1.165, 1.54) is 0 Å². The highest BCUT2D eigenvalue weighted by atomic mass is 32.3. The van der Waals surface area contributed by atoms with Crippen molar-refractivity contribution >= 4 is 16.1 Å². The van der Waals surface area contributed by atoms with Crippen LogP contribution in [0.2, 0.25) is 0 Å². The summed E-state index contributed by atoms with van der Waals surface area (Å²) in [6.45, 7) is 4.33. The van der Waals surface area contributed by atoms with E-state index in [1.807, 2.05) is 29.8 Å². The smallest absolute Gasteiger partial charge is 0.333 e. The molecule has 24 heavy (non-hydrogen) atoms. The van der Waals surface area contributed by atoms with Crippen molar-refractivity contribution in [2.24, 2.45) is 7.05 Å². The van der Waals surface area contributed by atoms with Crippen molar-refractivity contribution < 1.29 is 8.76 Å². The standard InChI is InChI=1S/C16H19N5O2S/c1-12-16(13(2)20(3)18-12)19-24(22,23)15-6-4-14(5-7-15)10-21-9-8-17-11-21/h4-9,11H,10H2,1-3H3,(H-,19,22,23)/p+1. The summed E-state index contributed by atoms with van der Waals surface area (Å²) in [7, 11) is -1.59. The lowest BCUT2D eigenvalue weighted by molar-refractivity contribution is 0.502. The van der Waals surface area contributed by atoms with E-state index in [-0.39, 0.29) is 0 Å². The number of rotatable bonds is 5. The molecular weight excluding hydrogens is 326 g/mol. The molecule has 0 amide bonds. The molecule has 0 saturated carbocycles. The molecule has 1 aromatic carbocycles. The van der Waals surface area contributed by atoms with Crippen LogP contribution in [-0.4, -0.2) is 23.9 Å². The summed E-state index contributed by atoms with van der Waals surface area (Å²) in [6, 6.07) is 7.02. The van der Waals surface area contributed by atoms with E-state index >= 15 is 0 Å². The molecule has 0 fully saturated rings. The van der Waals surface area contributed by atoms with Crippen LogP contribution in [0.25, 0.3) is 0 Å². The topological polar surface area (TPSA) is 85.0 Å². The summed E-state index contributed by atoms with van der Waals surface area (Å²) in [5.74, 6) is 0. The van der Waals surface area contributed by atoms with Crippen LogP contribution in [-0.2, 0) is 28.2 Å². The van der Waals surface area contributed by atoms with Crippen LogP contribution in [0, 0.1) is 13.8 Å². The van der Waals surface area contributed by atoms with Crippen LogP contribution in [0.4, 0.5) is 5.69 Å². The molecule has 2 N–H and O–H groups in total. The SMILES string of the molecule is Cc1nn(C)c(C)c1N[S+](=O)(O)c1ccc(Cn2ccnc2)cc1. The van der Waals surface area contributed by atoms with E-state index in [9.17, 15) is 8.76 Å². The molecule has 0 aliphatic heterocycles. The lowest BCUT2D eigenvalue weighted by atomic mass is 10.2. The van der Waals surface area contributed by atoms with Crippen molar-refractivity contribution in [3.63, 3.8) is 0 Å². The number of aromatic nitrogens is 4. The van der Waals surface area contributed by atoms with Gasteiger partial charge in [-0.25, -0.2) is 4.98 Å². The van der Waals surface area contributed by atoms with Gasteiger partial charge in [0, 0.05) is 26.0 Å². The quantitative estimate of drug-likeness (QED) is 0.696. The summed E-state index contributed by atoms with van der Waals surface area (Å²) < 4.78 is 29.5. The summed E-state index contributed by atoms with van der Waals surface area (Å²) in [4.78, 5) is 4.33. The average molecular weight is 346 g/mol. The molecule has 7 nitrogen and oxygen atoms in total. The maximum Gasteiger partial charge on any atom is 0.346 e. The third-order valence-corrected chi connectivity index (χ3v) is 5.31. The number of anilines is 1. The number of imidazole rings is 1. The van der Waals surface area contributed by atoms with Gasteiger partial charge in [0.2, 0.25) is 4.90 Å². The third kappa shape index (κ3) is 3.24. The number of benzene rings is 1. The van der Waals surface area contributed by atoms with Gasteiger partial charge < -0.3 is 4.57 Å². The molecule has 0 saturated heterocycles. The lowest BCUT2D eigenvalue weighted by Crippen LogP contribution is -2.21. The fourth-order valence-corrected chi connectivity index (χ4v) is 3.68. The normalized spacial score (nSPS) is 13.7. The van der Waals surface area contributed by atoms with Crippen LogP contribution in [0.3, 0.4) is 0 Å². The first-order valence-electron chi connectivity index (χ1n) is 7.46. The molecule has 2 aromatic heterocycles. The molecule has 0 bridgehead atoms. The molecule has 126 valence electrons. The van der Waals surface area contributed by atoms with Crippen molar-refractivity contribution in [3.05, 3.63) is 59.9 Å². The zero-order chi connectivity index (χ0) is 17.3. The molecule has 1 atom stereocenters. The summed E-state index contributed by atoms with van der Waals surface area (Å²) in [6.07, 6.45) is 5.33. The molecule has 0 spiro atoms. The van der Waals surface area contributed by atoms with Gasteiger partial charge in [0.15, 0.2) is 0 Å². The maximum atomic E-state index is 12.7. The van der Waals surface area contributed by atoms with Gasteiger partial charge in [0.05, 0.1) is 17.7 Å². The zero-order valence-electron chi connectivity index (χ0n) is 13.8. The van der Waals surface area contributed by atoms with E-state index in [0.717, 1.165) is 11.3 Å². The van der Waals surface area contributed by atoms with Crippen molar-refractivity contribution in [2.75, 3.05) is 4.72 Å². The highest BCUT2D eigenvalue weighted by molar-refractivity contribution is 7.99. The Balaban J connectivity index is 1.80. The van der Waals surface area contributed by atoms with Gasteiger partial charge in [-0.15, -0.1) is 0 Å². The Morgan fingerprint density at radius 1 is 1.25 bits per heavy atom. The van der Waals surface area contributed by atoms with Crippen LogP contribution in [0.1, 0.15) is 17.0 Å². The van der Waals surface area contributed by atoms with Gasteiger partial charge >= 0.3 is 10.4 Å². The van der Waals surface area contributed by atoms with Gasteiger partial charge in [-0.1, -0.05) is 12.1 Å². The minimum atomic E-state index is -3.40. The second kappa shape index (κ2) is 6.21. The van der Waals surface area contributed by atoms with Gasteiger partial charge in [0.25, 0.3) is 0 Å². The second-order valence-electron chi connectivity index (χ2n) is 5.68.